The van der Waals surface area contributed by atoms with Crippen molar-refractivity contribution in [2.24, 2.45) is 0 Å². The van der Waals surface area contributed by atoms with Crippen LogP contribution in [0.1, 0.15) is 12.5 Å². The summed E-state index contributed by atoms with van der Waals surface area (Å²) in [5.74, 6) is 0. The number of hydrogen-bond acceptors (Lipinski definition) is 4. The van der Waals surface area contributed by atoms with E-state index < -0.39 is 19.9 Å². The molecule has 5 nitrogen and oxygen atoms in total. The van der Waals surface area contributed by atoms with Crippen molar-refractivity contribution in [3.8, 4) is 0 Å². The third-order valence-electron chi connectivity index (χ3n) is 2.36. The predicted molar refractivity (Wildman–Crippen MR) is 63.5 cm³/mol. The molecule has 7 heteroatoms. The zero-order valence-corrected chi connectivity index (χ0v) is 10.7. The summed E-state index contributed by atoms with van der Waals surface area (Å²) in [5, 5.41) is 1.07. The monoisotopic (exact) mass is 273 g/mol. The summed E-state index contributed by atoms with van der Waals surface area (Å²) in [6.45, 7) is 1.96. The molecule has 0 spiro atoms. The number of sulfonamides is 1. The summed E-state index contributed by atoms with van der Waals surface area (Å²) in [6, 6.07) is 3.96. The second-order valence-corrected chi connectivity index (χ2v) is 7.12. The maximum atomic E-state index is 11.7. The van der Waals surface area contributed by atoms with Gasteiger partial charge in [0.2, 0.25) is 10.0 Å². The first-order valence-electron chi connectivity index (χ1n) is 4.94. The molecule has 17 heavy (non-hydrogen) atoms. The first-order chi connectivity index (χ1) is 7.87. The highest BCUT2D eigenvalue weighted by Gasteiger charge is 2.23. The highest BCUT2D eigenvalue weighted by atomic mass is 32.2. The number of hydrogen-bond donors (Lipinski definition) is 1. The Bertz CT molecular complexity index is 687. The van der Waals surface area contributed by atoms with Gasteiger partial charge in [-0.2, -0.15) is 0 Å². The molecule has 0 radical (unpaired) electrons. The Hall–Kier alpha value is -1.18. The third kappa shape index (κ3) is 2.13. The predicted octanol–water partition coefficient (Wildman–Crippen LogP) is 0.743. The Morgan fingerprint density at radius 1 is 1.29 bits per heavy atom. The number of nitrogens with one attached hydrogen (secondary N) is 1. The normalized spacial score (nSPS) is 17.0. The average molecular weight is 273 g/mol. The maximum absolute atomic E-state index is 11.7. The molecule has 0 unspecified atom stereocenters. The Morgan fingerprint density at radius 2 is 2.00 bits per heavy atom. The second-order valence-electron chi connectivity index (χ2n) is 3.55. The molecule has 1 aromatic carbocycles. The lowest BCUT2D eigenvalue weighted by Crippen LogP contribution is -2.23. The fourth-order valence-electron chi connectivity index (χ4n) is 1.59. The van der Waals surface area contributed by atoms with Crippen LogP contribution in [0.4, 0.5) is 0 Å². The minimum Gasteiger partial charge on any atom is -0.219 e. The highest BCUT2D eigenvalue weighted by molar-refractivity contribution is 7.94. The number of benzene rings is 1. The zero-order valence-electron chi connectivity index (χ0n) is 9.04. The molecule has 0 fully saturated rings. The minimum absolute atomic E-state index is 0.0693. The van der Waals surface area contributed by atoms with Gasteiger partial charge in [-0.1, -0.05) is 6.92 Å². The van der Waals surface area contributed by atoms with E-state index in [1.807, 2.05) is 0 Å². The second kappa shape index (κ2) is 3.94. The van der Waals surface area contributed by atoms with Gasteiger partial charge in [0.25, 0.3) is 0 Å². The molecule has 1 aliphatic rings. The van der Waals surface area contributed by atoms with Gasteiger partial charge >= 0.3 is 0 Å². The minimum atomic E-state index is -3.55. The van der Waals surface area contributed by atoms with Gasteiger partial charge in [0.1, 0.15) is 0 Å². The lowest BCUT2D eigenvalue weighted by molar-refractivity contribution is 0.583. The number of sulfone groups is 1. The first kappa shape index (κ1) is 12.3. The molecule has 0 saturated heterocycles. The van der Waals surface area contributed by atoms with Gasteiger partial charge in [-0.05, 0) is 29.8 Å². The molecule has 0 atom stereocenters. The van der Waals surface area contributed by atoms with E-state index in [0.717, 1.165) is 5.41 Å². The van der Waals surface area contributed by atoms with Crippen molar-refractivity contribution in [3.63, 3.8) is 0 Å². The summed E-state index contributed by atoms with van der Waals surface area (Å²) in [4.78, 5) is 0.216. The largest absolute Gasteiger partial charge is 0.240 e. The van der Waals surface area contributed by atoms with E-state index in [1.165, 1.54) is 24.3 Å². The molecular formula is C10H11NO4S2. The van der Waals surface area contributed by atoms with Gasteiger partial charge < -0.3 is 0 Å². The van der Waals surface area contributed by atoms with Crippen LogP contribution in [-0.4, -0.2) is 23.4 Å². The molecule has 0 aromatic heterocycles. The molecule has 2 rings (SSSR count). The van der Waals surface area contributed by atoms with Gasteiger partial charge in [0.15, 0.2) is 9.84 Å². The molecule has 0 aliphatic carbocycles. The van der Waals surface area contributed by atoms with E-state index in [9.17, 15) is 16.8 Å². The van der Waals surface area contributed by atoms with E-state index in [1.54, 1.807) is 6.92 Å². The van der Waals surface area contributed by atoms with Crippen LogP contribution in [0.5, 0.6) is 0 Å². The van der Waals surface area contributed by atoms with Gasteiger partial charge in [0.05, 0.1) is 9.79 Å². The SMILES string of the molecule is CCNS(=O)(=O)c1ccc2c(c1)C=CS2(=O)=O. The highest BCUT2D eigenvalue weighted by Crippen LogP contribution is 2.28. The summed E-state index contributed by atoms with van der Waals surface area (Å²) in [5.41, 5.74) is 0.406. The molecule has 0 amide bonds. The fraction of sp³-hybridized carbons (Fsp3) is 0.200. The maximum Gasteiger partial charge on any atom is 0.240 e. The smallest absolute Gasteiger partial charge is 0.219 e. The van der Waals surface area contributed by atoms with Crippen molar-refractivity contribution >= 4 is 25.9 Å². The van der Waals surface area contributed by atoms with Crippen LogP contribution in [0, 0.1) is 0 Å². The Balaban J connectivity index is 2.55. The Morgan fingerprint density at radius 3 is 2.65 bits per heavy atom. The topological polar surface area (TPSA) is 80.3 Å². The van der Waals surface area contributed by atoms with Crippen molar-refractivity contribution in [3.05, 3.63) is 29.2 Å². The first-order valence-corrected chi connectivity index (χ1v) is 7.96. The number of rotatable bonds is 3. The summed E-state index contributed by atoms with van der Waals surface area (Å²) >= 11 is 0. The van der Waals surface area contributed by atoms with Gasteiger partial charge in [0, 0.05) is 12.0 Å². The average Bonchev–Trinajstić information content (AvgIpc) is 2.55. The molecule has 92 valence electrons. The van der Waals surface area contributed by atoms with E-state index in [4.69, 9.17) is 0 Å². The van der Waals surface area contributed by atoms with Crippen LogP contribution in [0.3, 0.4) is 0 Å². The molecular weight excluding hydrogens is 262 g/mol. The zero-order chi connectivity index (χ0) is 12.7. The Labute approximate surface area is 100 Å². The fourth-order valence-corrected chi connectivity index (χ4v) is 3.85. The quantitative estimate of drug-likeness (QED) is 0.881. The third-order valence-corrected chi connectivity index (χ3v) is 5.38. The molecule has 1 N–H and O–H groups in total. The Kier molecular flexibility index (Phi) is 2.84. The molecule has 1 heterocycles. The molecule has 1 aromatic rings. The van der Waals surface area contributed by atoms with Crippen LogP contribution in [0.15, 0.2) is 33.4 Å². The van der Waals surface area contributed by atoms with Gasteiger partial charge in [-0.25, -0.2) is 21.6 Å². The van der Waals surface area contributed by atoms with Crippen molar-refractivity contribution in [2.45, 2.75) is 16.7 Å². The van der Waals surface area contributed by atoms with E-state index in [-0.39, 0.29) is 16.3 Å². The van der Waals surface area contributed by atoms with Crippen LogP contribution in [0.25, 0.3) is 6.08 Å². The van der Waals surface area contributed by atoms with Crippen molar-refractivity contribution in [1.82, 2.24) is 4.72 Å². The van der Waals surface area contributed by atoms with E-state index in [2.05, 4.69) is 4.72 Å². The standard InChI is InChI=1S/C10H11NO4S2/c1-2-11-17(14,15)9-3-4-10-8(7-9)5-6-16(10,12)13/h3-7,11H,2H2,1H3. The molecule has 0 bridgehead atoms. The van der Waals surface area contributed by atoms with Crippen LogP contribution >= 0.6 is 0 Å². The van der Waals surface area contributed by atoms with Gasteiger partial charge in [-0.15, -0.1) is 0 Å². The van der Waals surface area contributed by atoms with Crippen molar-refractivity contribution in [2.75, 3.05) is 6.54 Å². The lowest BCUT2D eigenvalue weighted by atomic mass is 10.2. The molecule has 0 saturated carbocycles. The van der Waals surface area contributed by atoms with E-state index >= 15 is 0 Å². The van der Waals surface area contributed by atoms with Crippen LogP contribution in [0.2, 0.25) is 0 Å². The van der Waals surface area contributed by atoms with Crippen molar-refractivity contribution in [1.29, 1.82) is 0 Å². The lowest BCUT2D eigenvalue weighted by Gasteiger charge is -2.06. The van der Waals surface area contributed by atoms with Crippen molar-refractivity contribution < 1.29 is 16.8 Å². The number of fused-ring (bicyclic) bond motifs is 1. The van der Waals surface area contributed by atoms with Crippen LogP contribution < -0.4 is 4.72 Å². The van der Waals surface area contributed by atoms with E-state index in [0.29, 0.717) is 5.56 Å². The van der Waals surface area contributed by atoms with Crippen LogP contribution in [-0.2, 0) is 19.9 Å². The molecule has 1 aliphatic heterocycles. The summed E-state index contributed by atoms with van der Waals surface area (Å²) in [7, 11) is -6.92. The summed E-state index contributed by atoms with van der Waals surface area (Å²) in [6.07, 6.45) is 1.40. The van der Waals surface area contributed by atoms with Gasteiger partial charge in [-0.3, -0.25) is 0 Å². The summed E-state index contributed by atoms with van der Waals surface area (Å²) < 4.78 is 48.7.